The maximum Gasteiger partial charge on any atom is 0.303 e. The number of rotatable bonds is 6. The number of hydrogen-bond acceptors (Lipinski definition) is 2. The highest BCUT2D eigenvalue weighted by molar-refractivity contribution is 5.66. The van der Waals surface area contributed by atoms with E-state index < -0.39 is 5.97 Å². The fourth-order valence-corrected chi connectivity index (χ4v) is 2.93. The molecule has 0 aromatic heterocycles. The third kappa shape index (κ3) is 4.67. The summed E-state index contributed by atoms with van der Waals surface area (Å²) < 4.78 is 13.0. The van der Waals surface area contributed by atoms with Gasteiger partial charge in [-0.3, -0.25) is 4.79 Å². The lowest BCUT2D eigenvalue weighted by atomic mass is 9.88. The summed E-state index contributed by atoms with van der Waals surface area (Å²) in [6.45, 7) is 1.95. The standard InChI is InChI=1S/C17H22FNO2/c1-19-11-14(5-3-2-4-6-17(20)21)16(12-19)13-7-9-15(18)10-8-13/h3,5,7-10,14,16H,2,4,6,11-12H2,1H3,(H,20,21)/b5-3-. The van der Waals surface area contributed by atoms with Crippen molar-refractivity contribution in [2.75, 3.05) is 20.1 Å². The van der Waals surface area contributed by atoms with Crippen LogP contribution < -0.4 is 0 Å². The number of nitrogens with zero attached hydrogens (tertiary/aromatic N) is 1. The highest BCUT2D eigenvalue weighted by Gasteiger charge is 2.29. The Balaban J connectivity index is 1.95. The Morgan fingerprint density at radius 3 is 2.76 bits per heavy atom. The van der Waals surface area contributed by atoms with Crippen LogP contribution in [0.15, 0.2) is 36.4 Å². The molecular formula is C17H22FNO2. The minimum absolute atomic E-state index is 0.203. The smallest absolute Gasteiger partial charge is 0.303 e. The molecule has 2 unspecified atom stereocenters. The third-order valence-electron chi connectivity index (χ3n) is 3.99. The van der Waals surface area contributed by atoms with Gasteiger partial charge in [0.1, 0.15) is 5.82 Å². The van der Waals surface area contributed by atoms with E-state index in [1.807, 2.05) is 12.1 Å². The third-order valence-corrected chi connectivity index (χ3v) is 3.99. The molecule has 1 aromatic rings. The maximum absolute atomic E-state index is 13.0. The summed E-state index contributed by atoms with van der Waals surface area (Å²) >= 11 is 0. The van der Waals surface area contributed by atoms with Gasteiger partial charge in [-0.2, -0.15) is 0 Å². The molecule has 0 aliphatic carbocycles. The Kier molecular flexibility index (Phi) is 5.51. The van der Waals surface area contributed by atoms with E-state index >= 15 is 0 Å². The molecule has 0 radical (unpaired) electrons. The summed E-state index contributed by atoms with van der Waals surface area (Å²) in [5.74, 6) is -0.157. The predicted octanol–water partition coefficient (Wildman–Crippen LogP) is 3.28. The fraction of sp³-hybridized carbons (Fsp3) is 0.471. The number of likely N-dealkylation sites (tertiary alicyclic amines) is 1. The molecule has 2 atom stereocenters. The lowest BCUT2D eigenvalue weighted by Crippen LogP contribution is -2.13. The van der Waals surface area contributed by atoms with Crippen molar-refractivity contribution >= 4 is 5.97 Å². The van der Waals surface area contributed by atoms with Gasteiger partial charge in [-0.1, -0.05) is 24.3 Å². The van der Waals surface area contributed by atoms with E-state index in [-0.39, 0.29) is 12.2 Å². The second-order valence-electron chi connectivity index (χ2n) is 5.76. The Hall–Kier alpha value is -1.68. The topological polar surface area (TPSA) is 40.5 Å². The molecule has 1 saturated heterocycles. The van der Waals surface area contributed by atoms with Crippen LogP contribution >= 0.6 is 0 Å². The minimum Gasteiger partial charge on any atom is -0.481 e. The van der Waals surface area contributed by atoms with Crippen molar-refractivity contribution in [2.24, 2.45) is 5.92 Å². The molecule has 0 amide bonds. The average Bonchev–Trinajstić information content (AvgIpc) is 2.80. The van der Waals surface area contributed by atoms with Gasteiger partial charge in [-0.25, -0.2) is 4.39 Å². The van der Waals surface area contributed by atoms with Gasteiger partial charge in [0, 0.05) is 25.4 Å². The van der Waals surface area contributed by atoms with Crippen molar-refractivity contribution < 1.29 is 14.3 Å². The quantitative estimate of drug-likeness (QED) is 0.646. The number of carbonyl (C=O) groups is 1. The lowest BCUT2D eigenvalue weighted by molar-refractivity contribution is -0.137. The molecule has 1 N–H and O–H groups in total. The highest BCUT2D eigenvalue weighted by atomic mass is 19.1. The maximum atomic E-state index is 13.0. The molecule has 21 heavy (non-hydrogen) atoms. The van der Waals surface area contributed by atoms with Gasteiger partial charge in [0.05, 0.1) is 0 Å². The van der Waals surface area contributed by atoms with Crippen LogP contribution in [0.2, 0.25) is 0 Å². The molecule has 1 heterocycles. The second-order valence-corrected chi connectivity index (χ2v) is 5.76. The van der Waals surface area contributed by atoms with Crippen LogP contribution in [-0.2, 0) is 4.79 Å². The van der Waals surface area contributed by atoms with Crippen molar-refractivity contribution in [3.63, 3.8) is 0 Å². The zero-order chi connectivity index (χ0) is 15.2. The Labute approximate surface area is 125 Å². The molecule has 0 bridgehead atoms. The van der Waals surface area contributed by atoms with Gasteiger partial charge in [-0.15, -0.1) is 0 Å². The van der Waals surface area contributed by atoms with E-state index in [0.29, 0.717) is 18.3 Å². The predicted molar refractivity (Wildman–Crippen MR) is 80.8 cm³/mol. The first-order valence-corrected chi connectivity index (χ1v) is 7.38. The normalized spacial score (nSPS) is 23.0. The zero-order valence-electron chi connectivity index (χ0n) is 12.3. The summed E-state index contributed by atoms with van der Waals surface area (Å²) in [5.41, 5.74) is 1.17. The van der Waals surface area contributed by atoms with Crippen LogP contribution in [0.25, 0.3) is 0 Å². The molecule has 4 heteroatoms. The SMILES string of the molecule is CN1CC(/C=C\CCCC(=O)O)C(c2ccc(F)cc2)C1. The Bertz CT molecular complexity index is 498. The first-order valence-electron chi connectivity index (χ1n) is 7.38. The van der Waals surface area contributed by atoms with Gasteiger partial charge in [0.2, 0.25) is 0 Å². The Morgan fingerprint density at radius 2 is 2.10 bits per heavy atom. The van der Waals surface area contributed by atoms with Crippen LogP contribution in [-0.4, -0.2) is 36.1 Å². The van der Waals surface area contributed by atoms with Gasteiger partial charge in [0.25, 0.3) is 0 Å². The average molecular weight is 291 g/mol. The number of benzene rings is 1. The van der Waals surface area contributed by atoms with Crippen molar-refractivity contribution in [3.8, 4) is 0 Å². The molecule has 114 valence electrons. The molecule has 0 spiro atoms. The number of allylic oxidation sites excluding steroid dienone is 1. The molecular weight excluding hydrogens is 269 g/mol. The van der Waals surface area contributed by atoms with Crippen molar-refractivity contribution in [3.05, 3.63) is 47.8 Å². The summed E-state index contributed by atoms with van der Waals surface area (Å²) in [4.78, 5) is 12.7. The fourth-order valence-electron chi connectivity index (χ4n) is 2.93. The van der Waals surface area contributed by atoms with E-state index in [4.69, 9.17) is 5.11 Å². The molecule has 3 nitrogen and oxygen atoms in total. The first-order chi connectivity index (χ1) is 10.1. The van der Waals surface area contributed by atoms with E-state index in [9.17, 15) is 9.18 Å². The monoisotopic (exact) mass is 291 g/mol. The van der Waals surface area contributed by atoms with E-state index in [1.54, 1.807) is 0 Å². The number of hydrogen-bond donors (Lipinski definition) is 1. The Morgan fingerprint density at radius 1 is 1.38 bits per heavy atom. The van der Waals surface area contributed by atoms with E-state index in [1.165, 1.54) is 17.7 Å². The lowest BCUT2D eigenvalue weighted by Gasteiger charge is -2.15. The van der Waals surface area contributed by atoms with Crippen molar-refractivity contribution in [1.82, 2.24) is 4.90 Å². The molecule has 1 aliphatic rings. The van der Waals surface area contributed by atoms with E-state index in [0.717, 1.165) is 19.5 Å². The number of likely N-dealkylation sites (N-methyl/N-ethyl adjacent to an activating group) is 1. The molecule has 1 aromatic carbocycles. The molecule has 1 fully saturated rings. The van der Waals surface area contributed by atoms with Crippen LogP contribution in [0.5, 0.6) is 0 Å². The van der Waals surface area contributed by atoms with Gasteiger partial charge < -0.3 is 10.0 Å². The van der Waals surface area contributed by atoms with Crippen LogP contribution in [0.3, 0.4) is 0 Å². The minimum atomic E-state index is -0.742. The zero-order valence-corrected chi connectivity index (χ0v) is 12.3. The van der Waals surface area contributed by atoms with E-state index in [2.05, 4.69) is 24.1 Å². The van der Waals surface area contributed by atoms with Crippen molar-refractivity contribution in [2.45, 2.75) is 25.2 Å². The highest BCUT2D eigenvalue weighted by Crippen LogP contribution is 2.33. The summed E-state index contributed by atoms with van der Waals surface area (Å²) in [6.07, 6.45) is 5.97. The number of aliphatic carboxylic acids is 1. The molecule has 0 saturated carbocycles. The summed E-state index contributed by atoms with van der Waals surface area (Å²) in [7, 11) is 2.09. The molecule has 2 rings (SSSR count). The van der Waals surface area contributed by atoms with Gasteiger partial charge in [0.15, 0.2) is 0 Å². The largest absolute Gasteiger partial charge is 0.481 e. The number of halogens is 1. The first kappa shape index (κ1) is 15.7. The summed E-state index contributed by atoms with van der Waals surface area (Å²) in [6, 6.07) is 6.76. The molecule has 1 aliphatic heterocycles. The van der Waals surface area contributed by atoms with Crippen LogP contribution in [0, 0.1) is 11.7 Å². The number of carboxylic acid groups (broad SMARTS) is 1. The summed E-state index contributed by atoms with van der Waals surface area (Å²) in [5, 5.41) is 8.61. The van der Waals surface area contributed by atoms with Crippen LogP contribution in [0.1, 0.15) is 30.7 Å². The number of unbranched alkanes of at least 4 members (excludes halogenated alkanes) is 1. The number of carboxylic acids is 1. The van der Waals surface area contributed by atoms with Gasteiger partial charge >= 0.3 is 5.97 Å². The van der Waals surface area contributed by atoms with Crippen LogP contribution in [0.4, 0.5) is 4.39 Å². The second kappa shape index (κ2) is 7.36. The van der Waals surface area contributed by atoms with Crippen molar-refractivity contribution in [1.29, 1.82) is 0 Å². The van der Waals surface area contributed by atoms with Gasteiger partial charge in [-0.05, 0) is 43.5 Å².